The van der Waals surface area contributed by atoms with E-state index in [0.717, 1.165) is 13.2 Å². The van der Waals surface area contributed by atoms with E-state index < -0.39 is 0 Å². The fourth-order valence-corrected chi connectivity index (χ4v) is 1.97. The van der Waals surface area contributed by atoms with E-state index in [9.17, 15) is 0 Å². The summed E-state index contributed by atoms with van der Waals surface area (Å²) >= 11 is 0. The van der Waals surface area contributed by atoms with E-state index in [4.69, 9.17) is 4.74 Å². The predicted molar refractivity (Wildman–Crippen MR) is 75.6 cm³/mol. The van der Waals surface area contributed by atoms with Gasteiger partial charge in [0.25, 0.3) is 0 Å². The van der Waals surface area contributed by atoms with Crippen molar-refractivity contribution in [3.63, 3.8) is 0 Å². The van der Waals surface area contributed by atoms with Gasteiger partial charge in [0.2, 0.25) is 0 Å². The van der Waals surface area contributed by atoms with Crippen LogP contribution in [0.3, 0.4) is 0 Å². The van der Waals surface area contributed by atoms with Crippen LogP contribution in [0.2, 0.25) is 0 Å². The van der Waals surface area contributed by atoms with Gasteiger partial charge in [-0.1, -0.05) is 20.8 Å². The molecule has 1 aliphatic heterocycles. The van der Waals surface area contributed by atoms with Gasteiger partial charge in [-0.3, -0.25) is 4.90 Å². The van der Waals surface area contributed by atoms with Crippen LogP contribution in [0.15, 0.2) is 0 Å². The van der Waals surface area contributed by atoms with Gasteiger partial charge in [-0.05, 0) is 26.8 Å². The standard InChI is InChI=1S/C12H26N2O.C2H6/c1-4-5-13-6-8-14(9-7-13)10-11-15-12(2)3;1-2/h12H,4-11H2,1-3H3;1-2H3. The van der Waals surface area contributed by atoms with Gasteiger partial charge < -0.3 is 9.64 Å². The van der Waals surface area contributed by atoms with E-state index in [2.05, 4.69) is 30.6 Å². The largest absolute Gasteiger partial charge is 0.377 e. The van der Waals surface area contributed by atoms with Crippen molar-refractivity contribution >= 4 is 0 Å². The summed E-state index contributed by atoms with van der Waals surface area (Å²) in [6.45, 7) is 18.6. The Hall–Kier alpha value is -0.120. The first kappa shape index (κ1) is 16.9. The van der Waals surface area contributed by atoms with Crippen molar-refractivity contribution in [1.29, 1.82) is 0 Å². The second kappa shape index (κ2) is 11.0. The molecule has 0 aromatic rings. The lowest BCUT2D eigenvalue weighted by Crippen LogP contribution is -2.47. The summed E-state index contributed by atoms with van der Waals surface area (Å²) in [4.78, 5) is 5.06. The molecule has 1 fully saturated rings. The van der Waals surface area contributed by atoms with E-state index in [0.29, 0.717) is 6.10 Å². The lowest BCUT2D eigenvalue weighted by atomic mass is 10.3. The predicted octanol–water partition coefficient (Wildman–Crippen LogP) is 2.47. The molecule has 17 heavy (non-hydrogen) atoms. The van der Waals surface area contributed by atoms with E-state index in [1.54, 1.807) is 0 Å². The van der Waals surface area contributed by atoms with Gasteiger partial charge in [0, 0.05) is 32.7 Å². The van der Waals surface area contributed by atoms with Crippen molar-refractivity contribution in [1.82, 2.24) is 9.80 Å². The Morgan fingerprint density at radius 3 is 1.82 bits per heavy atom. The summed E-state index contributed by atoms with van der Waals surface area (Å²) in [5.41, 5.74) is 0. The van der Waals surface area contributed by atoms with Crippen molar-refractivity contribution < 1.29 is 4.74 Å². The molecule has 1 heterocycles. The average molecular weight is 244 g/mol. The second-order valence-corrected chi connectivity index (χ2v) is 4.60. The zero-order valence-electron chi connectivity index (χ0n) is 12.5. The maximum atomic E-state index is 5.56. The monoisotopic (exact) mass is 244 g/mol. The van der Waals surface area contributed by atoms with Crippen LogP contribution in [0.1, 0.15) is 41.0 Å². The van der Waals surface area contributed by atoms with Gasteiger partial charge in [0.05, 0.1) is 12.7 Å². The van der Waals surface area contributed by atoms with Crippen LogP contribution in [0, 0.1) is 0 Å². The van der Waals surface area contributed by atoms with E-state index in [1.807, 2.05) is 13.8 Å². The van der Waals surface area contributed by atoms with Gasteiger partial charge in [0.15, 0.2) is 0 Å². The van der Waals surface area contributed by atoms with Gasteiger partial charge >= 0.3 is 0 Å². The van der Waals surface area contributed by atoms with Crippen molar-refractivity contribution in [2.24, 2.45) is 0 Å². The van der Waals surface area contributed by atoms with Crippen molar-refractivity contribution in [2.45, 2.75) is 47.1 Å². The third kappa shape index (κ3) is 8.58. The molecule has 3 nitrogen and oxygen atoms in total. The van der Waals surface area contributed by atoms with Crippen LogP contribution >= 0.6 is 0 Å². The quantitative estimate of drug-likeness (QED) is 0.714. The number of nitrogens with zero attached hydrogens (tertiary/aromatic N) is 2. The average Bonchev–Trinajstić information content (AvgIpc) is 2.34. The fraction of sp³-hybridized carbons (Fsp3) is 1.00. The Morgan fingerprint density at radius 1 is 0.941 bits per heavy atom. The number of piperazine rings is 1. The molecule has 1 aliphatic rings. The molecule has 1 rings (SSSR count). The van der Waals surface area contributed by atoms with Crippen LogP contribution in [0.4, 0.5) is 0 Å². The summed E-state index contributed by atoms with van der Waals surface area (Å²) in [5, 5.41) is 0. The zero-order valence-corrected chi connectivity index (χ0v) is 12.5. The molecule has 0 saturated carbocycles. The number of hydrogen-bond donors (Lipinski definition) is 0. The van der Waals surface area contributed by atoms with Crippen LogP contribution in [-0.2, 0) is 4.74 Å². The van der Waals surface area contributed by atoms with Crippen LogP contribution in [-0.4, -0.2) is 61.8 Å². The third-order valence-corrected chi connectivity index (χ3v) is 2.86. The second-order valence-electron chi connectivity index (χ2n) is 4.60. The molecule has 0 bridgehead atoms. The first-order chi connectivity index (χ1) is 8.22. The smallest absolute Gasteiger partial charge is 0.0596 e. The number of hydrogen-bond acceptors (Lipinski definition) is 3. The number of ether oxygens (including phenoxy) is 1. The molecule has 0 atom stereocenters. The minimum absolute atomic E-state index is 0.367. The minimum atomic E-state index is 0.367. The first-order valence-corrected chi connectivity index (χ1v) is 7.28. The summed E-state index contributed by atoms with van der Waals surface area (Å²) in [6.07, 6.45) is 1.64. The van der Waals surface area contributed by atoms with Crippen molar-refractivity contribution in [3.05, 3.63) is 0 Å². The lowest BCUT2D eigenvalue weighted by Gasteiger charge is -2.34. The maximum absolute atomic E-state index is 5.56. The normalized spacial score (nSPS) is 18.0. The summed E-state index contributed by atoms with van der Waals surface area (Å²) in [5.74, 6) is 0. The van der Waals surface area contributed by atoms with Gasteiger partial charge in [-0.15, -0.1) is 0 Å². The Morgan fingerprint density at radius 2 is 1.41 bits per heavy atom. The highest BCUT2D eigenvalue weighted by Crippen LogP contribution is 2.02. The SMILES string of the molecule is CC.CCCN1CCN(CCOC(C)C)CC1. The minimum Gasteiger partial charge on any atom is -0.377 e. The van der Waals surface area contributed by atoms with E-state index in [-0.39, 0.29) is 0 Å². The first-order valence-electron chi connectivity index (χ1n) is 7.28. The van der Waals surface area contributed by atoms with E-state index in [1.165, 1.54) is 39.1 Å². The fourth-order valence-electron chi connectivity index (χ4n) is 1.97. The van der Waals surface area contributed by atoms with Crippen LogP contribution in [0.5, 0.6) is 0 Å². The molecule has 0 amide bonds. The molecule has 1 saturated heterocycles. The Labute approximate surface area is 108 Å². The highest BCUT2D eigenvalue weighted by atomic mass is 16.5. The van der Waals surface area contributed by atoms with E-state index >= 15 is 0 Å². The maximum Gasteiger partial charge on any atom is 0.0596 e. The molecule has 0 unspecified atom stereocenters. The summed E-state index contributed by atoms with van der Waals surface area (Å²) in [6, 6.07) is 0. The van der Waals surface area contributed by atoms with Gasteiger partial charge in [-0.25, -0.2) is 0 Å². The molecule has 0 radical (unpaired) electrons. The molecule has 0 aliphatic carbocycles. The lowest BCUT2D eigenvalue weighted by molar-refractivity contribution is 0.0448. The Bertz CT molecular complexity index is 154. The molecule has 0 aromatic carbocycles. The van der Waals surface area contributed by atoms with Crippen molar-refractivity contribution in [3.8, 4) is 0 Å². The highest BCUT2D eigenvalue weighted by molar-refractivity contribution is 4.71. The summed E-state index contributed by atoms with van der Waals surface area (Å²) in [7, 11) is 0. The Balaban J connectivity index is 0.00000121. The van der Waals surface area contributed by atoms with Crippen molar-refractivity contribution in [2.75, 3.05) is 45.9 Å². The topological polar surface area (TPSA) is 15.7 Å². The van der Waals surface area contributed by atoms with Crippen LogP contribution in [0.25, 0.3) is 0 Å². The molecule has 3 heteroatoms. The third-order valence-electron chi connectivity index (χ3n) is 2.86. The van der Waals surface area contributed by atoms with Gasteiger partial charge in [0.1, 0.15) is 0 Å². The zero-order chi connectivity index (χ0) is 13.1. The molecule has 0 N–H and O–H groups in total. The highest BCUT2D eigenvalue weighted by Gasteiger charge is 2.15. The van der Waals surface area contributed by atoms with Gasteiger partial charge in [-0.2, -0.15) is 0 Å². The molecule has 0 spiro atoms. The molecular formula is C14H32N2O. The molecular weight excluding hydrogens is 212 g/mol. The molecule has 0 aromatic heterocycles. The van der Waals surface area contributed by atoms with Crippen LogP contribution < -0.4 is 0 Å². The Kier molecular flexibility index (Phi) is 10.9. The summed E-state index contributed by atoms with van der Waals surface area (Å²) < 4.78 is 5.56. The molecule has 104 valence electrons. The number of rotatable bonds is 6.